The molecule has 0 radical (unpaired) electrons. The summed E-state index contributed by atoms with van der Waals surface area (Å²) in [5.41, 5.74) is 0.654. The first-order valence-electron chi connectivity index (χ1n) is 5.37. The van der Waals surface area contributed by atoms with Crippen molar-refractivity contribution in [2.45, 2.75) is 37.8 Å². The van der Waals surface area contributed by atoms with Gasteiger partial charge in [0.1, 0.15) is 7.85 Å². The molecule has 1 nitrogen and oxygen atoms in total. The summed E-state index contributed by atoms with van der Waals surface area (Å²) in [6, 6.07) is 0.822. The predicted molar refractivity (Wildman–Crippen MR) is 63.9 cm³/mol. The molecule has 13 heavy (non-hydrogen) atoms. The van der Waals surface area contributed by atoms with Crippen molar-refractivity contribution in [3.05, 3.63) is 0 Å². The Morgan fingerprint density at radius 1 is 1.54 bits per heavy atom. The minimum absolute atomic E-state index is 0.547. The zero-order valence-electron chi connectivity index (χ0n) is 9.30. The highest BCUT2D eigenvalue weighted by molar-refractivity contribution is 7.23. The van der Waals surface area contributed by atoms with E-state index in [0.29, 0.717) is 10.5 Å². The van der Waals surface area contributed by atoms with Gasteiger partial charge in [-0.25, -0.2) is 0 Å². The second kappa shape index (κ2) is 2.73. The molecule has 0 aromatic rings. The molecule has 0 bridgehead atoms. The van der Waals surface area contributed by atoms with Gasteiger partial charge >= 0.3 is 0 Å². The van der Waals surface area contributed by atoms with E-state index in [1.807, 2.05) is 0 Å². The summed E-state index contributed by atoms with van der Waals surface area (Å²) >= 11 is 0. The van der Waals surface area contributed by atoms with Crippen LogP contribution < -0.4 is 0 Å². The minimum atomic E-state index is 0.547. The summed E-state index contributed by atoms with van der Waals surface area (Å²) in [6.07, 6.45) is 2.83. The molecule has 74 valence electrons. The number of rotatable bonds is 1. The summed E-state index contributed by atoms with van der Waals surface area (Å²) in [5, 5.41) is 0.547. The van der Waals surface area contributed by atoms with Crippen LogP contribution >= 0.6 is 9.24 Å². The van der Waals surface area contributed by atoms with Gasteiger partial charge in [0.15, 0.2) is 0 Å². The maximum absolute atomic E-state index is 3.06. The molecule has 1 aliphatic carbocycles. The summed E-state index contributed by atoms with van der Waals surface area (Å²) in [6.45, 7) is 6.02. The topological polar surface area (TPSA) is 3.24 Å². The Morgan fingerprint density at radius 3 is 2.31 bits per heavy atom. The number of hydrogen-bond acceptors (Lipinski definition) is 1. The molecule has 0 amide bonds. The van der Waals surface area contributed by atoms with Gasteiger partial charge in [0.05, 0.1) is 0 Å². The van der Waals surface area contributed by atoms with Crippen molar-refractivity contribution >= 4 is 17.1 Å². The lowest BCUT2D eigenvalue weighted by atomic mass is 9.87. The standard InChI is InChI=1S/C10H21BNP/c1-7(2)8-4-9(6-12(8)3)5-10(9,11)13/h7-8H,4-6,11,13H2,1-3H3. The zero-order valence-corrected chi connectivity index (χ0v) is 10.5. The first-order valence-corrected chi connectivity index (χ1v) is 5.95. The van der Waals surface area contributed by atoms with Crippen LogP contribution in [0.25, 0.3) is 0 Å². The van der Waals surface area contributed by atoms with Crippen LogP contribution in [0.15, 0.2) is 0 Å². The van der Waals surface area contributed by atoms with E-state index in [2.05, 4.69) is 42.9 Å². The quantitative estimate of drug-likeness (QED) is 0.446. The molecule has 1 saturated carbocycles. The Hall–Kier alpha value is 0.455. The Bertz CT molecular complexity index is 229. The summed E-state index contributed by atoms with van der Waals surface area (Å²) < 4.78 is 0. The maximum Gasteiger partial charge on any atom is 0.115 e. The Labute approximate surface area is 85.3 Å². The van der Waals surface area contributed by atoms with Gasteiger partial charge in [0.25, 0.3) is 0 Å². The van der Waals surface area contributed by atoms with E-state index in [0.717, 1.165) is 12.0 Å². The lowest BCUT2D eigenvalue weighted by molar-refractivity contribution is 0.249. The first-order chi connectivity index (χ1) is 5.88. The highest BCUT2D eigenvalue weighted by atomic mass is 31.0. The van der Waals surface area contributed by atoms with E-state index < -0.39 is 0 Å². The molecule has 0 aromatic heterocycles. The molecule has 2 fully saturated rings. The molecule has 1 aliphatic heterocycles. The van der Waals surface area contributed by atoms with E-state index in [1.165, 1.54) is 19.4 Å². The molecule has 0 aromatic carbocycles. The largest absolute Gasteiger partial charge is 0.303 e. The molecule has 4 unspecified atom stereocenters. The highest BCUT2D eigenvalue weighted by Crippen LogP contribution is 2.66. The third kappa shape index (κ3) is 1.38. The van der Waals surface area contributed by atoms with Gasteiger partial charge in [0.2, 0.25) is 0 Å². The van der Waals surface area contributed by atoms with Crippen LogP contribution in [0.1, 0.15) is 26.7 Å². The highest BCUT2D eigenvalue weighted by Gasteiger charge is 2.64. The van der Waals surface area contributed by atoms with Crippen molar-refractivity contribution in [3.63, 3.8) is 0 Å². The average molecular weight is 197 g/mol. The van der Waals surface area contributed by atoms with Crippen LogP contribution in [-0.4, -0.2) is 37.4 Å². The van der Waals surface area contributed by atoms with Gasteiger partial charge in [-0.3, -0.25) is 0 Å². The minimum Gasteiger partial charge on any atom is -0.303 e. The van der Waals surface area contributed by atoms with Gasteiger partial charge in [-0.15, -0.1) is 9.24 Å². The van der Waals surface area contributed by atoms with Crippen LogP contribution in [-0.2, 0) is 0 Å². The summed E-state index contributed by atoms with van der Waals surface area (Å²) in [4.78, 5) is 2.57. The van der Waals surface area contributed by atoms with E-state index in [-0.39, 0.29) is 0 Å². The molecule has 2 rings (SSSR count). The number of nitrogens with zero attached hydrogens (tertiary/aromatic N) is 1. The second-order valence-electron chi connectivity index (χ2n) is 5.81. The smallest absolute Gasteiger partial charge is 0.115 e. The molecule has 1 heterocycles. The fraction of sp³-hybridized carbons (Fsp3) is 1.00. The van der Waals surface area contributed by atoms with Crippen LogP contribution in [0.2, 0.25) is 0 Å². The van der Waals surface area contributed by atoms with Gasteiger partial charge in [-0.2, -0.15) is 0 Å². The summed E-state index contributed by atoms with van der Waals surface area (Å²) in [7, 11) is 7.75. The predicted octanol–water partition coefficient (Wildman–Crippen LogP) is 0.941. The monoisotopic (exact) mass is 197 g/mol. The van der Waals surface area contributed by atoms with E-state index in [4.69, 9.17) is 0 Å². The molecule has 4 atom stereocenters. The van der Waals surface area contributed by atoms with E-state index >= 15 is 0 Å². The lowest BCUT2D eigenvalue weighted by Crippen LogP contribution is -2.29. The van der Waals surface area contributed by atoms with Crippen molar-refractivity contribution in [2.75, 3.05) is 13.6 Å². The fourth-order valence-electron chi connectivity index (χ4n) is 3.16. The van der Waals surface area contributed by atoms with Crippen molar-refractivity contribution in [3.8, 4) is 0 Å². The van der Waals surface area contributed by atoms with E-state index in [9.17, 15) is 0 Å². The third-order valence-corrected chi connectivity index (χ3v) is 5.10. The third-order valence-electron chi connectivity index (χ3n) is 4.28. The molecule has 3 heteroatoms. The number of likely N-dealkylation sites (tertiary alicyclic amines) is 1. The van der Waals surface area contributed by atoms with Crippen molar-refractivity contribution in [2.24, 2.45) is 11.3 Å². The molecule has 0 N–H and O–H groups in total. The van der Waals surface area contributed by atoms with Crippen LogP contribution in [0.5, 0.6) is 0 Å². The summed E-state index contributed by atoms with van der Waals surface area (Å²) in [5.74, 6) is 0.811. The van der Waals surface area contributed by atoms with Crippen LogP contribution in [0.3, 0.4) is 0 Å². The van der Waals surface area contributed by atoms with Crippen LogP contribution in [0, 0.1) is 11.3 Å². The first kappa shape index (κ1) is 9.99. The molecular weight excluding hydrogens is 176 g/mol. The van der Waals surface area contributed by atoms with Crippen LogP contribution in [0.4, 0.5) is 0 Å². The normalized spacial score (nSPS) is 50.7. The van der Waals surface area contributed by atoms with Gasteiger partial charge in [-0.1, -0.05) is 13.8 Å². The van der Waals surface area contributed by atoms with Gasteiger partial charge < -0.3 is 4.90 Å². The SMILES string of the molecule is BC1(P)CC12CC(C(C)C)N(C)C2. The molecule has 2 aliphatic rings. The van der Waals surface area contributed by atoms with Gasteiger partial charge in [0, 0.05) is 12.6 Å². The van der Waals surface area contributed by atoms with Crippen molar-refractivity contribution < 1.29 is 0 Å². The van der Waals surface area contributed by atoms with Crippen molar-refractivity contribution in [1.29, 1.82) is 0 Å². The number of hydrogen-bond donors (Lipinski definition) is 0. The molecule has 1 spiro atoms. The Kier molecular flexibility index (Phi) is 2.10. The lowest BCUT2D eigenvalue weighted by Gasteiger charge is -2.22. The van der Waals surface area contributed by atoms with E-state index in [1.54, 1.807) is 0 Å². The second-order valence-corrected chi connectivity index (χ2v) is 7.08. The maximum atomic E-state index is 3.06. The fourth-order valence-corrected chi connectivity index (χ4v) is 3.76. The average Bonchev–Trinajstić information content (AvgIpc) is 2.36. The van der Waals surface area contributed by atoms with Crippen molar-refractivity contribution in [1.82, 2.24) is 4.90 Å². The van der Waals surface area contributed by atoms with Gasteiger partial charge in [-0.05, 0) is 36.3 Å². The molecular formula is C10H21BNP. The zero-order chi connectivity index (χ0) is 9.85. The Morgan fingerprint density at radius 2 is 2.08 bits per heavy atom. The Balaban J connectivity index is 2.09. The molecule has 1 saturated heterocycles.